The molecule has 3 unspecified atom stereocenters. The number of benzene rings is 1. The van der Waals surface area contributed by atoms with E-state index in [9.17, 15) is 9.59 Å². The lowest BCUT2D eigenvalue weighted by molar-refractivity contribution is 0.0697. The number of anilines is 1. The normalized spacial score (nSPS) is 25.2. The van der Waals surface area contributed by atoms with Crippen molar-refractivity contribution in [3.63, 3.8) is 0 Å². The molecule has 20 heavy (non-hydrogen) atoms. The van der Waals surface area contributed by atoms with Crippen LogP contribution in [0.3, 0.4) is 0 Å². The number of nitrogens with one attached hydrogen (secondary N) is 2. The number of hydrogen-bond donors (Lipinski definition) is 3. The molecule has 2 rings (SSSR count). The van der Waals surface area contributed by atoms with E-state index in [4.69, 9.17) is 5.11 Å². The smallest absolute Gasteiger partial charge is 0.335 e. The quantitative estimate of drug-likeness (QED) is 0.794. The lowest BCUT2D eigenvalue weighted by Gasteiger charge is -2.20. The first-order valence-corrected chi connectivity index (χ1v) is 6.88. The molecular weight excluding hydrogens is 256 g/mol. The molecule has 5 heteroatoms. The Hall–Kier alpha value is -2.04. The highest BCUT2D eigenvalue weighted by atomic mass is 16.4. The Morgan fingerprint density at radius 1 is 1.25 bits per heavy atom. The molecule has 0 saturated heterocycles. The maximum Gasteiger partial charge on any atom is 0.335 e. The van der Waals surface area contributed by atoms with Gasteiger partial charge in [-0.25, -0.2) is 9.59 Å². The highest BCUT2D eigenvalue weighted by Gasteiger charge is 2.30. The third-order valence-electron chi connectivity index (χ3n) is 4.15. The topological polar surface area (TPSA) is 78.4 Å². The maximum atomic E-state index is 11.9. The largest absolute Gasteiger partial charge is 0.478 e. The first kappa shape index (κ1) is 14.4. The molecule has 5 nitrogen and oxygen atoms in total. The fraction of sp³-hybridized carbons (Fsp3) is 0.467. The average Bonchev–Trinajstić information content (AvgIpc) is 2.71. The minimum atomic E-state index is -1.01. The lowest BCUT2D eigenvalue weighted by Crippen LogP contribution is -2.40. The van der Waals surface area contributed by atoms with Crippen LogP contribution in [0, 0.1) is 11.8 Å². The monoisotopic (exact) mass is 276 g/mol. The van der Waals surface area contributed by atoms with Crippen LogP contribution in [-0.2, 0) is 0 Å². The number of carbonyl (C=O) groups is 2. The van der Waals surface area contributed by atoms with Crippen molar-refractivity contribution in [2.45, 2.75) is 32.7 Å². The molecule has 1 aliphatic carbocycles. The SMILES string of the molecule is CC1CCC(NC(=O)Nc2cccc(C(=O)O)c2)C1C. The Morgan fingerprint density at radius 3 is 2.60 bits per heavy atom. The summed E-state index contributed by atoms with van der Waals surface area (Å²) in [5.74, 6) is 0.0778. The fourth-order valence-electron chi connectivity index (χ4n) is 2.63. The second kappa shape index (κ2) is 5.94. The van der Waals surface area contributed by atoms with E-state index in [1.54, 1.807) is 12.1 Å². The van der Waals surface area contributed by atoms with Gasteiger partial charge in [0.1, 0.15) is 0 Å². The summed E-state index contributed by atoms with van der Waals surface area (Å²) < 4.78 is 0. The van der Waals surface area contributed by atoms with Gasteiger partial charge in [0, 0.05) is 11.7 Å². The summed E-state index contributed by atoms with van der Waals surface area (Å²) in [6.07, 6.45) is 2.12. The number of amides is 2. The molecule has 0 spiro atoms. The molecule has 0 radical (unpaired) electrons. The summed E-state index contributed by atoms with van der Waals surface area (Å²) in [7, 11) is 0. The highest BCUT2D eigenvalue weighted by molar-refractivity contribution is 5.93. The molecule has 1 fully saturated rings. The molecule has 108 valence electrons. The third kappa shape index (κ3) is 3.29. The van der Waals surface area contributed by atoms with Crippen LogP contribution < -0.4 is 10.6 Å². The standard InChI is InChI=1S/C15H20N2O3/c1-9-6-7-13(10(9)2)17-15(20)16-12-5-3-4-11(8-12)14(18)19/h3-5,8-10,13H,6-7H2,1-2H3,(H,18,19)(H2,16,17,20). The zero-order valence-electron chi connectivity index (χ0n) is 11.7. The van der Waals surface area contributed by atoms with Gasteiger partial charge < -0.3 is 15.7 Å². The van der Waals surface area contributed by atoms with Gasteiger partial charge in [-0.1, -0.05) is 19.9 Å². The zero-order valence-corrected chi connectivity index (χ0v) is 11.7. The second-order valence-electron chi connectivity index (χ2n) is 5.50. The molecule has 0 heterocycles. The van der Waals surface area contributed by atoms with E-state index in [1.165, 1.54) is 12.1 Å². The molecule has 2 amide bonds. The van der Waals surface area contributed by atoms with Crippen molar-refractivity contribution in [2.24, 2.45) is 11.8 Å². The molecule has 1 aromatic carbocycles. The van der Waals surface area contributed by atoms with Crippen molar-refractivity contribution in [1.82, 2.24) is 5.32 Å². The second-order valence-corrected chi connectivity index (χ2v) is 5.50. The minimum Gasteiger partial charge on any atom is -0.478 e. The van der Waals surface area contributed by atoms with Gasteiger partial charge in [-0.05, 0) is 42.9 Å². The molecule has 3 N–H and O–H groups in total. The van der Waals surface area contributed by atoms with Crippen LogP contribution in [0.5, 0.6) is 0 Å². The first-order chi connectivity index (χ1) is 9.47. The number of aromatic carboxylic acids is 1. The number of carboxylic acid groups (broad SMARTS) is 1. The predicted molar refractivity (Wildman–Crippen MR) is 76.9 cm³/mol. The Morgan fingerprint density at radius 2 is 2.00 bits per heavy atom. The van der Waals surface area contributed by atoms with Crippen LogP contribution in [0.25, 0.3) is 0 Å². The van der Waals surface area contributed by atoms with Crippen molar-refractivity contribution >= 4 is 17.7 Å². The number of rotatable bonds is 3. The van der Waals surface area contributed by atoms with Crippen molar-refractivity contribution in [3.05, 3.63) is 29.8 Å². The van der Waals surface area contributed by atoms with Crippen LogP contribution >= 0.6 is 0 Å². The Balaban J connectivity index is 1.95. The number of hydrogen-bond acceptors (Lipinski definition) is 2. The highest BCUT2D eigenvalue weighted by Crippen LogP contribution is 2.31. The van der Waals surface area contributed by atoms with E-state index >= 15 is 0 Å². The van der Waals surface area contributed by atoms with E-state index in [2.05, 4.69) is 24.5 Å². The van der Waals surface area contributed by atoms with Crippen molar-refractivity contribution in [2.75, 3.05) is 5.32 Å². The van der Waals surface area contributed by atoms with Crippen molar-refractivity contribution in [3.8, 4) is 0 Å². The van der Waals surface area contributed by atoms with E-state index in [-0.39, 0.29) is 17.6 Å². The molecule has 3 atom stereocenters. The van der Waals surface area contributed by atoms with Gasteiger partial charge in [0.2, 0.25) is 0 Å². The van der Waals surface area contributed by atoms with Gasteiger partial charge in [-0.2, -0.15) is 0 Å². The van der Waals surface area contributed by atoms with Gasteiger partial charge >= 0.3 is 12.0 Å². The lowest BCUT2D eigenvalue weighted by atomic mass is 9.98. The van der Waals surface area contributed by atoms with Crippen molar-refractivity contribution < 1.29 is 14.7 Å². The van der Waals surface area contributed by atoms with Gasteiger partial charge in [0.15, 0.2) is 0 Å². The van der Waals surface area contributed by atoms with Crippen LogP contribution in [0.15, 0.2) is 24.3 Å². The summed E-state index contributed by atoms with van der Waals surface area (Å²) in [5.41, 5.74) is 0.645. The zero-order chi connectivity index (χ0) is 14.7. The molecule has 0 aliphatic heterocycles. The third-order valence-corrected chi connectivity index (χ3v) is 4.15. The summed E-state index contributed by atoms with van der Waals surface area (Å²) in [6, 6.07) is 6.13. The number of urea groups is 1. The van der Waals surface area contributed by atoms with E-state index < -0.39 is 5.97 Å². The summed E-state index contributed by atoms with van der Waals surface area (Å²) in [5, 5.41) is 14.6. The summed E-state index contributed by atoms with van der Waals surface area (Å²) in [4.78, 5) is 22.8. The van der Waals surface area contributed by atoms with Gasteiger partial charge in [-0.3, -0.25) is 0 Å². The van der Waals surface area contributed by atoms with Gasteiger partial charge in [-0.15, -0.1) is 0 Å². The Kier molecular flexibility index (Phi) is 4.27. The van der Waals surface area contributed by atoms with Crippen LogP contribution in [0.2, 0.25) is 0 Å². The molecule has 0 aromatic heterocycles. The fourth-order valence-corrected chi connectivity index (χ4v) is 2.63. The number of carboxylic acids is 1. The summed E-state index contributed by atoms with van der Waals surface area (Å²) in [6.45, 7) is 4.34. The van der Waals surface area contributed by atoms with Gasteiger partial charge in [0.05, 0.1) is 5.56 Å². The van der Waals surface area contributed by atoms with Gasteiger partial charge in [0.25, 0.3) is 0 Å². The van der Waals surface area contributed by atoms with E-state index in [0.717, 1.165) is 12.8 Å². The molecule has 1 saturated carbocycles. The maximum absolute atomic E-state index is 11.9. The van der Waals surface area contributed by atoms with E-state index in [0.29, 0.717) is 17.5 Å². The average molecular weight is 276 g/mol. The van der Waals surface area contributed by atoms with Crippen LogP contribution in [0.1, 0.15) is 37.0 Å². The number of carbonyl (C=O) groups excluding carboxylic acids is 1. The minimum absolute atomic E-state index is 0.158. The summed E-state index contributed by atoms with van der Waals surface area (Å²) >= 11 is 0. The predicted octanol–water partition coefficient (Wildman–Crippen LogP) is 2.94. The Bertz CT molecular complexity index is 516. The van der Waals surface area contributed by atoms with E-state index in [1.807, 2.05) is 0 Å². The molecule has 0 bridgehead atoms. The van der Waals surface area contributed by atoms with Crippen molar-refractivity contribution in [1.29, 1.82) is 0 Å². The van der Waals surface area contributed by atoms with Crippen LogP contribution in [-0.4, -0.2) is 23.1 Å². The molecular formula is C15H20N2O3. The molecule has 1 aliphatic rings. The first-order valence-electron chi connectivity index (χ1n) is 6.88. The molecule has 1 aromatic rings. The van der Waals surface area contributed by atoms with Crippen LogP contribution in [0.4, 0.5) is 10.5 Å². The Labute approximate surface area is 118 Å².